The Labute approximate surface area is 119 Å². The minimum Gasteiger partial charge on any atom is -0.398 e. The molecule has 2 nitrogen and oxygen atoms in total. The molecule has 0 unspecified atom stereocenters. The summed E-state index contributed by atoms with van der Waals surface area (Å²) in [6.45, 7) is 1.75. The minimum atomic E-state index is -0.678. The predicted molar refractivity (Wildman–Crippen MR) is 75.4 cm³/mol. The van der Waals surface area contributed by atoms with E-state index in [0.717, 1.165) is 6.07 Å². The SMILES string of the molecule is Cc1cc(C(=O)c2ccc(Cl)cc2F)c(Cl)cc1N. The van der Waals surface area contributed by atoms with Crippen LogP contribution in [0, 0.1) is 12.7 Å². The molecule has 0 amide bonds. The van der Waals surface area contributed by atoms with Crippen LogP contribution < -0.4 is 5.73 Å². The van der Waals surface area contributed by atoms with Gasteiger partial charge in [-0.25, -0.2) is 4.39 Å². The summed E-state index contributed by atoms with van der Waals surface area (Å²) in [6, 6.07) is 6.91. The molecule has 0 heterocycles. The van der Waals surface area contributed by atoms with E-state index in [1.54, 1.807) is 13.0 Å². The van der Waals surface area contributed by atoms with Crippen molar-refractivity contribution < 1.29 is 9.18 Å². The van der Waals surface area contributed by atoms with Gasteiger partial charge in [-0.15, -0.1) is 0 Å². The maximum atomic E-state index is 13.7. The Morgan fingerprint density at radius 2 is 1.84 bits per heavy atom. The molecular weight excluding hydrogens is 288 g/mol. The number of rotatable bonds is 2. The van der Waals surface area contributed by atoms with Crippen molar-refractivity contribution in [3.8, 4) is 0 Å². The Balaban J connectivity index is 2.53. The molecule has 0 aliphatic carbocycles. The highest BCUT2D eigenvalue weighted by atomic mass is 35.5. The molecule has 19 heavy (non-hydrogen) atoms. The number of carbonyl (C=O) groups excluding carboxylic acids is 1. The third-order valence-corrected chi connectivity index (χ3v) is 3.32. The van der Waals surface area contributed by atoms with Crippen molar-refractivity contribution in [3.63, 3.8) is 0 Å². The van der Waals surface area contributed by atoms with Crippen LogP contribution in [-0.4, -0.2) is 5.78 Å². The number of carbonyl (C=O) groups is 1. The molecule has 0 saturated carbocycles. The Morgan fingerprint density at radius 1 is 1.16 bits per heavy atom. The maximum Gasteiger partial charge on any atom is 0.197 e. The van der Waals surface area contributed by atoms with E-state index in [2.05, 4.69) is 0 Å². The van der Waals surface area contributed by atoms with E-state index in [1.165, 1.54) is 18.2 Å². The Kier molecular flexibility index (Phi) is 3.78. The van der Waals surface area contributed by atoms with Gasteiger partial charge in [-0.1, -0.05) is 23.2 Å². The summed E-state index contributed by atoms with van der Waals surface area (Å²) in [5.74, 6) is -1.18. The minimum absolute atomic E-state index is 0.0736. The fourth-order valence-corrected chi connectivity index (χ4v) is 2.11. The van der Waals surface area contributed by atoms with Gasteiger partial charge in [0.1, 0.15) is 5.82 Å². The first-order valence-electron chi connectivity index (χ1n) is 5.45. The molecule has 2 aromatic carbocycles. The lowest BCUT2D eigenvalue weighted by Crippen LogP contribution is -2.06. The van der Waals surface area contributed by atoms with Crippen LogP contribution in [0.25, 0.3) is 0 Å². The number of aryl methyl sites for hydroxylation is 1. The van der Waals surface area contributed by atoms with Gasteiger partial charge in [0.25, 0.3) is 0 Å². The van der Waals surface area contributed by atoms with E-state index in [9.17, 15) is 9.18 Å². The second kappa shape index (κ2) is 5.19. The summed E-state index contributed by atoms with van der Waals surface area (Å²) in [5, 5.41) is 0.427. The summed E-state index contributed by atoms with van der Waals surface area (Å²) in [7, 11) is 0. The molecule has 0 aliphatic heterocycles. The fourth-order valence-electron chi connectivity index (χ4n) is 1.69. The molecular formula is C14H10Cl2FNO. The number of ketones is 1. The Morgan fingerprint density at radius 3 is 2.47 bits per heavy atom. The molecule has 2 aromatic rings. The number of halogens is 3. The van der Waals surface area contributed by atoms with Gasteiger partial charge in [-0.2, -0.15) is 0 Å². The molecule has 0 atom stereocenters. The van der Waals surface area contributed by atoms with Crippen molar-refractivity contribution in [2.24, 2.45) is 0 Å². The first-order chi connectivity index (χ1) is 8.90. The number of anilines is 1. The van der Waals surface area contributed by atoms with Gasteiger partial charge >= 0.3 is 0 Å². The molecule has 5 heteroatoms. The van der Waals surface area contributed by atoms with E-state index in [1.807, 2.05) is 0 Å². The molecule has 0 saturated heterocycles. The first-order valence-corrected chi connectivity index (χ1v) is 6.21. The molecule has 0 spiro atoms. The smallest absolute Gasteiger partial charge is 0.197 e. The normalized spacial score (nSPS) is 10.5. The van der Waals surface area contributed by atoms with Crippen LogP contribution in [0.4, 0.5) is 10.1 Å². The highest BCUT2D eigenvalue weighted by Crippen LogP contribution is 2.26. The monoisotopic (exact) mass is 297 g/mol. The van der Waals surface area contributed by atoms with Crippen molar-refractivity contribution in [1.29, 1.82) is 0 Å². The Hall–Kier alpha value is -1.58. The average Bonchev–Trinajstić information content (AvgIpc) is 2.33. The van der Waals surface area contributed by atoms with E-state index in [0.29, 0.717) is 11.3 Å². The molecule has 98 valence electrons. The van der Waals surface area contributed by atoms with Crippen LogP contribution in [0.15, 0.2) is 30.3 Å². The van der Waals surface area contributed by atoms with Gasteiger partial charge < -0.3 is 5.73 Å². The second-order valence-electron chi connectivity index (χ2n) is 4.14. The number of nitrogen functional groups attached to an aromatic ring is 1. The quantitative estimate of drug-likeness (QED) is 0.665. The van der Waals surface area contributed by atoms with Gasteiger partial charge in [0.15, 0.2) is 5.78 Å². The summed E-state index contributed by atoms with van der Waals surface area (Å²) in [4.78, 5) is 12.3. The van der Waals surface area contributed by atoms with Crippen LogP contribution in [0.3, 0.4) is 0 Å². The molecule has 0 aromatic heterocycles. The van der Waals surface area contributed by atoms with Crippen LogP contribution in [0.2, 0.25) is 10.0 Å². The number of hydrogen-bond acceptors (Lipinski definition) is 2. The van der Waals surface area contributed by atoms with Gasteiger partial charge in [0, 0.05) is 16.3 Å². The molecule has 0 radical (unpaired) electrons. The summed E-state index contributed by atoms with van der Waals surface area (Å²) >= 11 is 11.6. The average molecular weight is 298 g/mol. The van der Waals surface area contributed by atoms with Crippen LogP contribution in [-0.2, 0) is 0 Å². The molecule has 2 N–H and O–H groups in total. The third kappa shape index (κ3) is 2.72. The summed E-state index contributed by atoms with van der Waals surface area (Å²) in [6.07, 6.45) is 0. The molecule has 0 aliphatic rings. The second-order valence-corrected chi connectivity index (χ2v) is 4.99. The van der Waals surface area contributed by atoms with Crippen molar-refractivity contribution in [1.82, 2.24) is 0 Å². The fraction of sp³-hybridized carbons (Fsp3) is 0.0714. The van der Waals surface area contributed by atoms with Crippen LogP contribution >= 0.6 is 23.2 Å². The van der Waals surface area contributed by atoms with Gasteiger partial charge in [-0.05, 0) is 42.8 Å². The predicted octanol–water partition coefficient (Wildman–Crippen LogP) is 4.25. The summed E-state index contributed by atoms with van der Waals surface area (Å²) < 4.78 is 13.7. The third-order valence-electron chi connectivity index (χ3n) is 2.78. The highest BCUT2D eigenvalue weighted by Gasteiger charge is 2.18. The molecule has 2 rings (SSSR count). The topological polar surface area (TPSA) is 43.1 Å². The Bertz CT molecular complexity index is 671. The summed E-state index contributed by atoms with van der Waals surface area (Å²) in [5.41, 5.74) is 7.03. The maximum absolute atomic E-state index is 13.7. The largest absolute Gasteiger partial charge is 0.398 e. The highest BCUT2D eigenvalue weighted by molar-refractivity contribution is 6.35. The van der Waals surface area contributed by atoms with Gasteiger partial charge in [0.05, 0.1) is 10.6 Å². The van der Waals surface area contributed by atoms with E-state index < -0.39 is 11.6 Å². The van der Waals surface area contributed by atoms with Crippen molar-refractivity contribution in [3.05, 3.63) is 62.9 Å². The first kappa shape index (κ1) is 13.8. The zero-order valence-corrected chi connectivity index (χ0v) is 11.5. The van der Waals surface area contributed by atoms with E-state index in [4.69, 9.17) is 28.9 Å². The standard InChI is InChI=1S/C14H10Cl2FNO/c1-7-4-10(11(16)6-13(7)18)14(19)9-3-2-8(15)5-12(9)17/h2-6H,18H2,1H3. The zero-order valence-electron chi connectivity index (χ0n) is 10.0. The number of hydrogen-bond donors (Lipinski definition) is 1. The van der Waals surface area contributed by atoms with Gasteiger partial charge in [-0.3, -0.25) is 4.79 Å². The number of benzene rings is 2. The van der Waals surface area contributed by atoms with E-state index >= 15 is 0 Å². The van der Waals surface area contributed by atoms with Crippen molar-refractivity contribution in [2.75, 3.05) is 5.73 Å². The van der Waals surface area contributed by atoms with E-state index in [-0.39, 0.29) is 21.2 Å². The zero-order chi connectivity index (χ0) is 14.2. The van der Waals surface area contributed by atoms with Crippen LogP contribution in [0.1, 0.15) is 21.5 Å². The molecule has 0 fully saturated rings. The van der Waals surface area contributed by atoms with Crippen LogP contribution in [0.5, 0.6) is 0 Å². The van der Waals surface area contributed by atoms with Crippen molar-refractivity contribution in [2.45, 2.75) is 6.92 Å². The lowest BCUT2D eigenvalue weighted by Gasteiger charge is -2.08. The van der Waals surface area contributed by atoms with Crippen molar-refractivity contribution >= 4 is 34.7 Å². The number of nitrogens with two attached hydrogens (primary N) is 1. The molecule has 0 bridgehead atoms. The lowest BCUT2D eigenvalue weighted by atomic mass is 10.0. The van der Waals surface area contributed by atoms with Gasteiger partial charge in [0.2, 0.25) is 0 Å². The lowest BCUT2D eigenvalue weighted by molar-refractivity contribution is 0.103.